The van der Waals surface area contributed by atoms with E-state index in [2.05, 4.69) is 5.32 Å². The zero-order chi connectivity index (χ0) is 13.1. The van der Waals surface area contributed by atoms with Crippen LogP contribution in [0.2, 0.25) is 0 Å². The van der Waals surface area contributed by atoms with Gasteiger partial charge in [-0.25, -0.2) is 4.79 Å². The SMILES string of the molecule is CCOC(=O)c1c(NC(=O)CCl)sc2c1CCC2. The molecular formula is C12H14ClNO3S. The Balaban J connectivity index is 2.34. The molecule has 6 heteroatoms. The third-order valence-electron chi connectivity index (χ3n) is 2.78. The number of fused-ring (bicyclic) bond motifs is 1. The number of esters is 1. The van der Waals surface area contributed by atoms with Gasteiger partial charge in [0.1, 0.15) is 10.9 Å². The molecule has 1 heterocycles. The van der Waals surface area contributed by atoms with Gasteiger partial charge in [0, 0.05) is 4.88 Å². The third-order valence-corrected chi connectivity index (χ3v) is 4.23. The summed E-state index contributed by atoms with van der Waals surface area (Å²) in [7, 11) is 0. The first-order valence-corrected chi connectivity index (χ1v) is 7.20. The molecule has 1 aromatic heterocycles. The van der Waals surface area contributed by atoms with Crippen molar-refractivity contribution in [3.63, 3.8) is 0 Å². The zero-order valence-corrected chi connectivity index (χ0v) is 11.6. The Kier molecular flexibility index (Phi) is 4.24. The lowest BCUT2D eigenvalue weighted by Crippen LogP contribution is -2.15. The average Bonchev–Trinajstić information content (AvgIpc) is 2.88. The molecule has 18 heavy (non-hydrogen) atoms. The number of hydrogen-bond acceptors (Lipinski definition) is 4. The molecule has 1 amide bonds. The number of alkyl halides is 1. The first kappa shape index (κ1) is 13.4. The topological polar surface area (TPSA) is 55.4 Å². The van der Waals surface area contributed by atoms with Crippen LogP contribution in [0.15, 0.2) is 0 Å². The number of nitrogens with one attached hydrogen (secondary N) is 1. The molecule has 0 saturated carbocycles. The van der Waals surface area contributed by atoms with Gasteiger partial charge in [-0.1, -0.05) is 0 Å². The summed E-state index contributed by atoms with van der Waals surface area (Å²) in [5.74, 6) is -0.783. The molecule has 2 rings (SSSR count). The summed E-state index contributed by atoms with van der Waals surface area (Å²) in [6, 6.07) is 0. The van der Waals surface area contributed by atoms with Gasteiger partial charge in [0.2, 0.25) is 5.91 Å². The average molecular weight is 288 g/mol. The number of aryl methyl sites for hydroxylation is 1. The Morgan fingerprint density at radius 2 is 2.22 bits per heavy atom. The fourth-order valence-electron chi connectivity index (χ4n) is 2.07. The van der Waals surface area contributed by atoms with Crippen LogP contribution < -0.4 is 5.32 Å². The first-order chi connectivity index (χ1) is 8.67. The van der Waals surface area contributed by atoms with E-state index in [1.54, 1.807) is 6.92 Å². The number of ether oxygens (including phenoxy) is 1. The van der Waals surface area contributed by atoms with E-state index >= 15 is 0 Å². The molecule has 0 aromatic carbocycles. The second kappa shape index (κ2) is 5.71. The number of hydrogen-bond donors (Lipinski definition) is 1. The highest BCUT2D eigenvalue weighted by atomic mass is 35.5. The number of halogens is 1. The Bertz CT molecular complexity index is 484. The second-order valence-corrected chi connectivity index (χ2v) is 5.34. The molecule has 1 aromatic rings. The number of thiophene rings is 1. The molecule has 0 unspecified atom stereocenters. The largest absolute Gasteiger partial charge is 0.462 e. The Labute approximate surface area is 114 Å². The van der Waals surface area contributed by atoms with Crippen molar-refractivity contribution in [2.24, 2.45) is 0 Å². The van der Waals surface area contributed by atoms with Crippen molar-refractivity contribution in [2.75, 3.05) is 17.8 Å². The van der Waals surface area contributed by atoms with Crippen LogP contribution in [-0.4, -0.2) is 24.4 Å². The summed E-state index contributed by atoms with van der Waals surface area (Å²) < 4.78 is 5.05. The maximum atomic E-state index is 12.0. The number of rotatable bonds is 4. The van der Waals surface area contributed by atoms with Gasteiger partial charge in [-0.15, -0.1) is 22.9 Å². The highest BCUT2D eigenvalue weighted by molar-refractivity contribution is 7.17. The molecule has 4 nitrogen and oxygen atoms in total. The van der Waals surface area contributed by atoms with Crippen LogP contribution in [0.3, 0.4) is 0 Å². The molecule has 1 N–H and O–H groups in total. The van der Waals surface area contributed by atoms with Crippen LogP contribution in [0, 0.1) is 0 Å². The number of carbonyl (C=O) groups is 2. The Hall–Kier alpha value is -1.07. The Morgan fingerprint density at radius 3 is 2.89 bits per heavy atom. The fraction of sp³-hybridized carbons (Fsp3) is 0.500. The van der Waals surface area contributed by atoms with Gasteiger partial charge in [0.05, 0.1) is 12.2 Å². The fourth-order valence-corrected chi connectivity index (χ4v) is 3.43. The van der Waals surface area contributed by atoms with Gasteiger partial charge in [-0.2, -0.15) is 0 Å². The van der Waals surface area contributed by atoms with Gasteiger partial charge < -0.3 is 10.1 Å². The monoisotopic (exact) mass is 287 g/mol. The highest BCUT2D eigenvalue weighted by Gasteiger charge is 2.28. The lowest BCUT2D eigenvalue weighted by Gasteiger charge is -2.06. The van der Waals surface area contributed by atoms with E-state index in [1.165, 1.54) is 16.2 Å². The van der Waals surface area contributed by atoms with Crippen LogP contribution in [0.4, 0.5) is 5.00 Å². The van der Waals surface area contributed by atoms with Crippen LogP contribution >= 0.6 is 22.9 Å². The predicted octanol–water partition coefficient (Wildman–Crippen LogP) is 2.59. The van der Waals surface area contributed by atoms with Crippen molar-refractivity contribution in [3.8, 4) is 0 Å². The second-order valence-electron chi connectivity index (χ2n) is 3.96. The summed E-state index contributed by atoms with van der Waals surface area (Å²) in [4.78, 5) is 24.5. The molecular weight excluding hydrogens is 274 g/mol. The lowest BCUT2D eigenvalue weighted by molar-refractivity contribution is -0.113. The Morgan fingerprint density at radius 1 is 1.44 bits per heavy atom. The maximum Gasteiger partial charge on any atom is 0.341 e. The van der Waals surface area contributed by atoms with Crippen molar-refractivity contribution < 1.29 is 14.3 Å². The summed E-state index contributed by atoms with van der Waals surface area (Å²) in [6.07, 6.45) is 2.89. The molecule has 0 aliphatic heterocycles. The lowest BCUT2D eigenvalue weighted by atomic mass is 10.1. The smallest absolute Gasteiger partial charge is 0.341 e. The van der Waals surface area contributed by atoms with Crippen LogP contribution in [0.25, 0.3) is 0 Å². The molecule has 0 fully saturated rings. The van der Waals surface area contributed by atoms with E-state index in [9.17, 15) is 9.59 Å². The van der Waals surface area contributed by atoms with Gasteiger partial charge in [0.25, 0.3) is 0 Å². The van der Waals surface area contributed by atoms with Crippen molar-refractivity contribution in [1.82, 2.24) is 0 Å². The molecule has 0 atom stereocenters. The van der Waals surface area contributed by atoms with Crippen molar-refractivity contribution in [2.45, 2.75) is 26.2 Å². The van der Waals surface area contributed by atoms with E-state index in [0.717, 1.165) is 24.8 Å². The first-order valence-electron chi connectivity index (χ1n) is 5.84. The molecule has 0 radical (unpaired) electrons. The molecule has 98 valence electrons. The molecule has 1 aliphatic rings. The summed E-state index contributed by atoms with van der Waals surface area (Å²) in [5.41, 5.74) is 1.55. The predicted molar refractivity (Wildman–Crippen MR) is 71.7 cm³/mol. The van der Waals surface area contributed by atoms with E-state index in [1.807, 2.05) is 0 Å². The van der Waals surface area contributed by atoms with E-state index in [4.69, 9.17) is 16.3 Å². The minimum Gasteiger partial charge on any atom is -0.462 e. The minimum absolute atomic E-state index is 0.120. The van der Waals surface area contributed by atoms with Crippen LogP contribution in [0.1, 0.15) is 34.1 Å². The van der Waals surface area contributed by atoms with Crippen LogP contribution in [-0.2, 0) is 22.4 Å². The van der Waals surface area contributed by atoms with Gasteiger partial charge in [0.15, 0.2) is 0 Å². The number of anilines is 1. The third kappa shape index (κ3) is 2.52. The number of carbonyl (C=O) groups excluding carboxylic acids is 2. The number of amides is 1. The summed E-state index contributed by atoms with van der Waals surface area (Å²) in [5, 5.41) is 3.25. The van der Waals surface area contributed by atoms with E-state index < -0.39 is 0 Å². The quantitative estimate of drug-likeness (QED) is 0.684. The van der Waals surface area contributed by atoms with Gasteiger partial charge in [-0.3, -0.25) is 4.79 Å². The standard InChI is InChI=1S/C12H14ClNO3S/c1-2-17-12(16)10-7-4-3-5-8(7)18-11(10)14-9(15)6-13/h2-6H2,1H3,(H,14,15). The zero-order valence-electron chi connectivity index (χ0n) is 10.0. The van der Waals surface area contributed by atoms with Gasteiger partial charge >= 0.3 is 5.97 Å². The summed E-state index contributed by atoms with van der Waals surface area (Å²) >= 11 is 6.92. The van der Waals surface area contributed by atoms with Crippen molar-refractivity contribution >= 4 is 39.8 Å². The summed E-state index contributed by atoms with van der Waals surface area (Å²) in [6.45, 7) is 2.09. The van der Waals surface area contributed by atoms with E-state index in [0.29, 0.717) is 17.2 Å². The van der Waals surface area contributed by atoms with Crippen molar-refractivity contribution in [1.29, 1.82) is 0 Å². The normalized spacial score (nSPS) is 13.2. The van der Waals surface area contributed by atoms with Gasteiger partial charge in [-0.05, 0) is 31.7 Å². The molecule has 0 bridgehead atoms. The highest BCUT2D eigenvalue weighted by Crippen LogP contribution is 2.39. The van der Waals surface area contributed by atoms with Crippen LogP contribution in [0.5, 0.6) is 0 Å². The van der Waals surface area contributed by atoms with Crippen molar-refractivity contribution in [3.05, 3.63) is 16.0 Å². The molecule has 0 saturated heterocycles. The molecule has 0 spiro atoms. The van der Waals surface area contributed by atoms with E-state index in [-0.39, 0.29) is 17.8 Å². The molecule has 1 aliphatic carbocycles. The minimum atomic E-state index is -0.359. The maximum absolute atomic E-state index is 12.0.